The number of carbonyl (C=O) groups is 1. The van der Waals surface area contributed by atoms with Crippen LogP contribution < -0.4 is 10.0 Å². The maximum absolute atomic E-state index is 12.7. The number of carbonyl (C=O) groups excluding carboxylic acids is 1. The highest BCUT2D eigenvalue weighted by Gasteiger charge is 2.27. The van der Waals surface area contributed by atoms with Crippen molar-refractivity contribution < 1.29 is 22.7 Å². The fraction of sp³-hybridized carbons (Fsp3) is 0.667. The molecule has 1 aromatic carbocycles. The van der Waals surface area contributed by atoms with Gasteiger partial charge in [-0.15, -0.1) is 0 Å². The number of hydrogen-bond acceptors (Lipinski definition) is 6. The van der Waals surface area contributed by atoms with Gasteiger partial charge in [-0.1, -0.05) is 11.6 Å². The molecule has 3 rings (SSSR count). The van der Waals surface area contributed by atoms with E-state index in [0.717, 1.165) is 25.9 Å². The van der Waals surface area contributed by atoms with Gasteiger partial charge in [0.25, 0.3) is 5.91 Å². The summed E-state index contributed by atoms with van der Waals surface area (Å²) >= 11 is 6.14. The minimum Gasteiger partial charge on any atom is -0.377 e. The van der Waals surface area contributed by atoms with Gasteiger partial charge in [0.15, 0.2) is 0 Å². The van der Waals surface area contributed by atoms with Crippen LogP contribution in [0.4, 0.5) is 0 Å². The summed E-state index contributed by atoms with van der Waals surface area (Å²) in [6.45, 7) is 9.01. The van der Waals surface area contributed by atoms with Crippen LogP contribution in [0.1, 0.15) is 44.0 Å². The Hall–Kier alpha value is -1.23. The number of rotatable bonds is 8. The van der Waals surface area contributed by atoms with E-state index in [2.05, 4.69) is 21.9 Å². The van der Waals surface area contributed by atoms with E-state index >= 15 is 0 Å². The second-order valence-electron chi connectivity index (χ2n) is 8.40. The second kappa shape index (κ2) is 10.6. The van der Waals surface area contributed by atoms with E-state index in [-0.39, 0.29) is 52.3 Å². The Labute approximate surface area is 189 Å². The lowest BCUT2D eigenvalue weighted by Gasteiger charge is -2.39. The van der Waals surface area contributed by atoms with Crippen LogP contribution in [0.3, 0.4) is 0 Å². The molecule has 1 amide bonds. The molecule has 2 saturated heterocycles. The highest BCUT2D eigenvalue weighted by atomic mass is 35.5. The maximum Gasteiger partial charge on any atom is 0.251 e. The van der Waals surface area contributed by atoms with Gasteiger partial charge in [-0.3, -0.25) is 9.69 Å². The van der Waals surface area contributed by atoms with Gasteiger partial charge in [0.05, 0.1) is 23.3 Å². The SMILES string of the molecule is CC1CN(C(C)CNC(=O)c2ccc(Cl)c(S(=O)(=O)NCC3CCCO3)c2)CC(C)O1. The summed E-state index contributed by atoms with van der Waals surface area (Å²) in [5.74, 6) is -0.339. The second-order valence-corrected chi connectivity index (χ2v) is 10.5. The minimum absolute atomic E-state index is 0.0704. The van der Waals surface area contributed by atoms with Gasteiger partial charge in [-0.05, 0) is 51.8 Å². The molecule has 0 bridgehead atoms. The van der Waals surface area contributed by atoms with Gasteiger partial charge >= 0.3 is 0 Å². The fourth-order valence-electron chi connectivity index (χ4n) is 3.99. The molecule has 8 nitrogen and oxygen atoms in total. The molecule has 0 saturated carbocycles. The Kier molecular flexibility index (Phi) is 8.34. The standard InChI is InChI=1S/C21H32ClN3O5S/c1-14(25-12-15(2)30-16(3)13-25)10-23-21(26)17-6-7-19(22)20(9-17)31(27,28)24-11-18-5-4-8-29-18/h6-7,9,14-16,18,24H,4-5,8,10-13H2,1-3H3,(H,23,26). The van der Waals surface area contributed by atoms with Crippen LogP contribution >= 0.6 is 11.6 Å². The lowest BCUT2D eigenvalue weighted by atomic mass is 10.1. The van der Waals surface area contributed by atoms with Crippen molar-refractivity contribution in [2.24, 2.45) is 0 Å². The van der Waals surface area contributed by atoms with Crippen molar-refractivity contribution in [2.45, 2.75) is 62.9 Å². The Bertz CT molecular complexity index is 866. The zero-order valence-electron chi connectivity index (χ0n) is 18.3. The predicted octanol–water partition coefficient (Wildman–Crippen LogP) is 2.02. The van der Waals surface area contributed by atoms with E-state index < -0.39 is 10.0 Å². The van der Waals surface area contributed by atoms with Crippen LogP contribution in [0.15, 0.2) is 23.1 Å². The van der Waals surface area contributed by atoms with Crippen molar-refractivity contribution in [2.75, 3.05) is 32.8 Å². The van der Waals surface area contributed by atoms with E-state index in [1.54, 1.807) is 0 Å². The molecule has 0 radical (unpaired) electrons. The zero-order chi connectivity index (χ0) is 22.6. The first kappa shape index (κ1) is 24.4. The molecule has 0 aliphatic carbocycles. The largest absolute Gasteiger partial charge is 0.377 e. The first-order valence-electron chi connectivity index (χ1n) is 10.7. The number of nitrogens with one attached hydrogen (secondary N) is 2. The van der Waals surface area contributed by atoms with E-state index in [4.69, 9.17) is 21.1 Å². The van der Waals surface area contributed by atoms with Gasteiger partial charge in [0.2, 0.25) is 10.0 Å². The Balaban J connectivity index is 1.61. The first-order chi connectivity index (χ1) is 14.7. The van der Waals surface area contributed by atoms with Crippen molar-refractivity contribution in [3.8, 4) is 0 Å². The molecule has 2 heterocycles. The normalized spacial score (nSPS) is 26.0. The topological polar surface area (TPSA) is 97.0 Å². The van der Waals surface area contributed by atoms with E-state index in [9.17, 15) is 13.2 Å². The van der Waals surface area contributed by atoms with Crippen LogP contribution in [0.5, 0.6) is 0 Å². The minimum atomic E-state index is -3.86. The number of amides is 1. The molecule has 4 unspecified atom stereocenters. The van der Waals surface area contributed by atoms with Crippen LogP contribution in [0, 0.1) is 0 Å². The Morgan fingerprint density at radius 2 is 2.00 bits per heavy atom. The molecule has 0 spiro atoms. The summed E-state index contributed by atoms with van der Waals surface area (Å²) in [5.41, 5.74) is 0.248. The number of ether oxygens (including phenoxy) is 2. The van der Waals surface area contributed by atoms with Gasteiger partial charge in [-0.25, -0.2) is 13.1 Å². The molecular weight excluding hydrogens is 442 g/mol. The number of hydrogen-bond donors (Lipinski definition) is 2. The highest BCUT2D eigenvalue weighted by molar-refractivity contribution is 7.89. The summed E-state index contributed by atoms with van der Waals surface area (Å²) in [6, 6.07) is 4.41. The number of sulfonamides is 1. The molecule has 31 heavy (non-hydrogen) atoms. The van der Waals surface area contributed by atoms with Gasteiger partial charge in [0.1, 0.15) is 4.90 Å². The van der Waals surface area contributed by atoms with Crippen molar-refractivity contribution in [1.82, 2.24) is 14.9 Å². The summed E-state index contributed by atoms with van der Waals surface area (Å²) in [5, 5.41) is 2.97. The molecule has 10 heteroatoms. The molecule has 1 aromatic rings. The lowest BCUT2D eigenvalue weighted by Crippen LogP contribution is -2.52. The summed E-state index contributed by atoms with van der Waals surface area (Å²) in [4.78, 5) is 14.9. The molecule has 2 fully saturated rings. The molecule has 0 aromatic heterocycles. The first-order valence-corrected chi connectivity index (χ1v) is 12.6. The monoisotopic (exact) mass is 473 g/mol. The van der Waals surface area contributed by atoms with Crippen LogP contribution in [0.2, 0.25) is 5.02 Å². The zero-order valence-corrected chi connectivity index (χ0v) is 19.8. The molecular formula is C21H32ClN3O5S. The number of halogens is 1. The Morgan fingerprint density at radius 3 is 2.65 bits per heavy atom. The van der Waals surface area contributed by atoms with Gasteiger partial charge in [0, 0.05) is 44.4 Å². The van der Waals surface area contributed by atoms with Crippen LogP contribution in [-0.4, -0.2) is 76.4 Å². The average Bonchev–Trinajstić information content (AvgIpc) is 3.23. The van der Waals surface area contributed by atoms with Crippen LogP contribution in [0.25, 0.3) is 0 Å². The highest BCUT2D eigenvalue weighted by Crippen LogP contribution is 2.23. The molecule has 2 aliphatic rings. The van der Waals surface area contributed by atoms with Gasteiger partial charge in [-0.2, -0.15) is 0 Å². The van der Waals surface area contributed by atoms with E-state index in [1.165, 1.54) is 18.2 Å². The fourth-order valence-corrected chi connectivity index (χ4v) is 5.58. The third-order valence-electron chi connectivity index (χ3n) is 5.64. The molecule has 2 N–H and O–H groups in total. The predicted molar refractivity (Wildman–Crippen MR) is 119 cm³/mol. The summed E-state index contributed by atoms with van der Waals surface area (Å²) < 4.78 is 39.2. The van der Waals surface area contributed by atoms with Crippen molar-refractivity contribution in [3.63, 3.8) is 0 Å². The number of benzene rings is 1. The van der Waals surface area contributed by atoms with Crippen molar-refractivity contribution in [1.29, 1.82) is 0 Å². The lowest BCUT2D eigenvalue weighted by molar-refractivity contribution is -0.0778. The van der Waals surface area contributed by atoms with Crippen molar-refractivity contribution >= 4 is 27.5 Å². The van der Waals surface area contributed by atoms with Crippen molar-refractivity contribution in [3.05, 3.63) is 28.8 Å². The molecule has 4 atom stereocenters. The third kappa shape index (κ3) is 6.63. The maximum atomic E-state index is 12.7. The van der Waals surface area contributed by atoms with E-state index in [1.807, 2.05) is 13.8 Å². The van der Waals surface area contributed by atoms with E-state index in [0.29, 0.717) is 13.2 Å². The summed E-state index contributed by atoms with van der Waals surface area (Å²) in [7, 11) is -3.86. The molecule has 2 aliphatic heterocycles. The Morgan fingerprint density at radius 1 is 1.29 bits per heavy atom. The average molecular weight is 474 g/mol. The van der Waals surface area contributed by atoms with Gasteiger partial charge < -0.3 is 14.8 Å². The molecule has 174 valence electrons. The quantitative estimate of drug-likeness (QED) is 0.599. The van der Waals surface area contributed by atoms with Crippen LogP contribution in [-0.2, 0) is 19.5 Å². The smallest absolute Gasteiger partial charge is 0.251 e. The summed E-state index contributed by atoms with van der Waals surface area (Å²) in [6.07, 6.45) is 1.90. The third-order valence-corrected chi connectivity index (χ3v) is 7.54. The number of morpholine rings is 1. The number of nitrogens with zero attached hydrogens (tertiary/aromatic N) is 1.